The van der Waals surface area contributed by atoms with Crippen molar-refractivity contribution in [3.8, 4) is 11.5 Å². The number of ether oxygens (including phenoxy) is 1. The zero-order chi connectivity index (χ0) is 15.2. The third-order valence-electron chi connectivity index (χ3n) is 2.38. The average Bonchev–Trinajstić information content (AvgIpc) is 2.31. The fourth-order valence-electron chi connectivity index (χ4n) is 1.51. The lowest BCUT2D eigenvalue weighted by Crippen LogP contribution is -2.36. The smallest absolute Gasteiger partial charge is 0.407 e. The van der Waals surface area contributed by atoms with E-state index >= 15 is 0 Å². The molecule has 0 atom stereocenters. The largest absolute Gasteiger partial charge is 0.504 e. The molecular formula is C14H22N2O4. The van der Waals surface area contributed by atoms with Crippen molar-refractivity contribution in [2.45, 2.75) is 32.9 Å². The molecular weight excluding hydrogens is 260 g/mol. The second kappa shape index (κ2) is 7.00. The van der Waals surface area contributed by atoms with Crippen molar-refractivity contribution >= 4 is 6.09 Å². The van der Waals surface area contributed by atoms with Crippen LogP contribution in [0.3, 0.4) is 0 Å². The number of amides is 1. The van der Waals surface area contributed by atoms with Gasteiger partial charge in [-0.3, -0.25) is 0 Å². The summed E-state index contributed by atoms with van der Waals surface area (Å²) in [5.41, 5.74) is 0.0903. The van der Waals surface area contributed by atoms with E-state index < -0.39 is 11.7 Å². The summed E-state index contributed by atoms with van der Waals surface area (Å²) in [7, 11) is 0. The maximum absolute atomic E-state index is 11.4. The molecule has 1 aromatic rings. The van der Waals surface area contributed by atoms with E-state index in [0.717, 1.165) is 0 Å². The highest BCUT2D eigenvalue weighted by molar-refractivity contribution is 5.67. The van der Waals surface area contributed by atoms with Crippen LogP contribution < -0.4 is 10.6 Å². The van der Waals surface area contributed by atoms with Gasteiger partial charge in [0.25, 0.3) is 0 Å². The molecule has 0 heterocycles. The fraction of sp³-hybridized carbons (Fsp3) is 0.500. The van der Waals surface area contributed by atoms with Crippen LogP contribution in [0.1, 0.15) is 26.3 Å². The first-order valence-corrected chi connectivity index (χ1v) is 6.47. The molecule has 0 aliphatic rings. The Labute approximate surface area is 118 Å². The Morgan fingerprint density at radius 3 is 2.60 bits per heavy atom. The van der Waals surface area contributed by atoms with Gasteiger partial charge >= 0.3 is 6.09 Å². The predicted molar refractivity (Wildman–Crippen MR) is 75.7 cm³/mol. The summed E-state index contributed by atoms with van der Waals surface area (Å²) >= 11 is 0. The minimum atomic E-state index is -0.509. The van der Waals surface area contributed by atoms with Crippen molar-refractivity contribution in [1.82, 2.24) is 10.6 Å². The van der Waals surface area contributed by atoms with E-state index in [1.165, 1.54) is 6.07 Å². The molecule has 6 nitrogen and oxygen atoms in total. The molecule has 0 saturated carbocycles. The predicted octanol–water partition coefficient (Wildman–Crippen LogP) is 1.71. The average molecular weight is 282 g/mol. The number of aromatic hydroxyl groups is 2. The van der Waals surface area contributed by atoms with E-state index in [-0.39, 0.29) is 11.5 Å². The molecule has 0 spiro atoms. The number of phenolic OH excluding ortho intramolecular Hbond substituents is 2. The summed E-state index contributed by atoms with van der Waals surface area (Å²) in [5, 5.41) is 24.6. The molecule has 0 aliphatic heterocycles. The lowest BCUT2D eigenvalue weighted by Gasteiger charge is -2.19. The van der Waals surface area contributed by atoms with Gasteiger partial charge in [0.1, 0.15) is 5.60 Å². The normalized spacial score (nSPS) is 11.2. The number of rotatable bonds is 5. The third-order valence-corrected chi connectivity index (χ3v) is 2.38. The number of carbonyl (C=O) groups is 1. The molecule has 4 N–H and O–H groups in total. The van der Waals surface area contributed by atoms with Crippen LogP contribution in [0.5, 0.6) is 11.5 Å². The zero-order valence-corrected chi connectivity index (χ0v) is 12.1. The first-order chi connectivity index (χ1) is 9.29. The van der Waals surface area contributed by atoms with Crippen LogP contribution in [-0.4, -0.2) is 35.0 Å². The maximum Gasteiger partial charge on any atom is 0.407 e. The van der Waals surface area contributed by atoms with Crippen molar-refractivity contribution in [3.63, 3.8) is 0 Å². The number of hydrogen-bond acceptors (Lipinski definition) is 5. The number of benzene rings is 1. The van der Waals surface area contributed by atoms with E-state index in [1.807, 2.05) is 0 Å². The van der Waals surface area contributed by atoms with Crippen LogP contribution >= 0.6 is 0 Å². The molecule has 0 bridgehead atoms. The summed E-state index contributed by atoms with van der Waals surface area (Å²) in [6, 6.07) is 4.79. The summed E-state index contributed by atoms with van der Waals surface area (Å²) in [6.07, 6.45) is -0.459. The number of carbonyl (C=O) groups excluding carboxylic acids is 1. The summed E-state index contributed by atoms with van der Waals surface area (Å²) < 4.78 is 5.09. The zero-order valence-electron chi connectivity index (χ0n) is 12.1. The lowest BCUT2D eigenvalue weighted by molar-refractivity contribution is 0.0528. The molecule has 0 saturated heterocycles. The van der Waals surface area contributed by atoms with E-state index in [0.29, 0.717) is 25.2 Å². The Morgan fingerprint density at radius 2 is 1.95 bits per heavy atom. The SMILES string of the molecule is CC(C)(C)OC(=O)NCCNCc1cccc(O)c1O. The highest BCUT2D eigenvalue weighted by Gasteiger charge is 2.15. The van der Waals surface area contributed by atoms with Crippen LogP contribution in [-0.2, 0) is 11.3 Å². The minimum absolute atomic E-state index is 0.125. The fourth-order valence-corrected chi connectivity index (χ4v) is 1.51. The highest BCUT2D eigenvalue weighted by atomic mass is 16.6. The van der Waals surface area contributed by atoms with Crippen molar-refractivity contribution in [2.24, 2.45) is 0 Å². The summed E-state index contributed by atoms with van der Waals surface area (Å²) in [4.78, 5) is 11.4. The van der Waals surface area contributed by atoms with Crippen LogP contribution in [0.15, 0.2) is 18.2 Å². The Hall–Kier alpha value is -1.95. The second-order valence-corrected chi connectivity index (χ2v) is 5.39. The van der Waals surface area contributed by atoms with Crippen LogP contribution in [0.25, 0.3) is 0 Å². The molecule has 1 rings (SSSR count). The van der Waals surface area contributed by atoms with Gasteiger partial charge in [0.2, 0.25) is 0 Å². The van der Waals surface area contributed by atoms with Crippen molar-refractivity contribution < 1.29 is 19.7 Å². The van der Waals surface area contributed by atoms with E-state index in [2.05, 4.69) is 10.6 Å². The van der Waals surface area contributed by atoms with Gasteiger partial charge in [0.05, 0.1) is 0 Å². The molecule has 1 amide bonds. The molecule has 6 heteroatoms. The van der Waals surface area contributed by atoms with Gasteiger partial charge in [-0.15, -0.1) is 0 Å². The number of hydrogen-bond donors (Lipinski definition) is 4. The van der Waals surface area contributed by atoms with E-state index in [1.54, 1.807) is 32.9 Å². The molecule has 0 unspecified atom stereocenters. The van der Waals surface area contributed by atoms with Crippen LogP contribution in [0, 0.1) is 0 Å². The van der Waals surface area contributed by atoms with Gasteiger partial charge in [-0.05, 0) is 26.8 Å². The summed E-state index contributed by atoms with van der Waals surface area (Å²) in [6.45, 7) is 6.74. The van der Waals surface area contributed by atoms with Gasteiger partial charge in [-0.25, -0.2) is 4.79 Å². The third kappa shape index (κ3) is 5.79. The van der Waals surface area contributed by atoms with Crippen LogP contribution in [0.4, 0.5) is 4.79 Å². The molecule has 0 aliphatic carbocycles. The number of alkyl carbamates (subject to hydrolysis) is 1. The van der Waals surface area contributed by atoms with Gasteiger partial charge in [-0.2, -0.15) is 0 Å². The van der Waals surface area contributed by atoms with Crippen molar-refractivity contribution in [1.29, 1.82) is 0 Å². The van der Waals surface area contributed by atoms with Gasteiger partial charge in [0.15, 0.2) is 11.5 Å². The number of nitrogens with one attached hydrogen (secondary N) is 2. The van der Waals surface area contributed by atoms with Gasteiger partial charge < -0.3 is 25.6 Å². The molecule has 1 aromatic carbocycles. The molecule has 112 valence electrons. The number of phenols is 2. The van der Waals surface area contributed by atoms with Gasteiger partial charge in [-0.1, -0.05) is 12.1 Å². The van der Waals surface area contributed by atoms with Crippen molar-refractivity contribution in [3.05, 3.63) is 23.8 Å². The first kappa shape index (κ1) is 16.1. The molecule has 20 heavy (non-hydrogen) atoms. The monoisotopic (exact) mass is 282 g/mol. The Bertz CT molecular complexity index is 455. The van der Waals surface area contributed by atoms with E-state index in [4.69, 9.17) is 4.74 Å². The van der Waals surface area contributed by atoms with Crippen molar-refractivity contribution in [2.75, 3.05) is 13.1 Å². The Morgan fingerprint density at radius 1 is 1.25 bits per heavy atom. The summed E-state index contributed by atoms with van der Waals surface area (Å²) in [5.74, 6) is -0.267. The van der Waals surface area contributed by atoms with Crippen LogP contribution in [0.2, 0.25) is 0 Å². The lowest BCUT2D eigenvalue weighted by atomic mass is 10.2. The molecule has 0 aromatic heterocycles. The number of para-hydroxylation sites is 1. The van der Waals surface area contributed by atoms with E-state index in [9.17, 15) is 15.0 Å². The second-order valence-electron chi connectivity index (χ2n) is 5.39. The highest BCUT2D eigenvalue weighted by Crippen LogP contribution is 2.27. The molecule has 0 radical (unpaired) electrons. The standard InChI is InChI=1S/C14H22N2O4/c1-14(2,3)20-13(19)16-8-7-15-9-10-5-4-6-11(17)12(10)18/h4-6,15,17-18H,7-9H2,1-3H3,(H,16,19). The minimum Gasteiger partial charge on any atom is -0.504 e. The Kier molecular flexibility index (Phi) is 5.64. The Balaban J connectivity index is 2.23. The molecule has 0 fully saturated rings. The van der Waals surface area contributed by atoms with Gasteiger partial charge in [0, 0.05) is 25.2 Å². The maximum atomic E-state index is 11.4. The topological polar surface area (TPSA) is 90.8 Å². The first-order valence-electron chi connectivity index (χ1n) is 6.47. The quantitative estimate of drug-likeness (QED) is 0.487.